The lowest BCUT2D eigenvalue weighted by Gasteiger charge is -2.26. The predicted octanol–water partition coefficient (Wildman–Crippen LogP) is 1.88. The number of aliphatic hydroxyl groups is 1. The van der Waals surface area contributed by atoms with Gasteiger partial charge in [0.1, 0.15) is 0 Å². The summed E-state index contributed by atoms with van der Waals surface area (Å²) in [4.78, 5) is 2.46. The summed E-state index contributed by atoms with van der Waals surface area (Å²) in [5.41, 5.74) is 0. The second-order valence-electron chi connectivity index (χ2n) is 4.55. The molecule has 2 nitrogen and oxygen atoms in total. The second-order valence-corrected chi connectivity index (χ2v) is 4.55. The van der Waals surface area contributed by atoms with Crippen molar-refractivity contribution in [3.05, 3.63) is 0 Å². The molecule has 0 aromatic carbocycles. The minimum absolute atomic E-state index is 0.0794. The lowest BCUT2D eigenvalue weighted by molar-refractivity contribution is 0.171. The SMILES string of the molecule is CCCCN1C[C@@H](O)C[C@H]1C(C)C. The molecule has 0 bridgehead atoms. The van der Waals surface area contributed by atoms with Gasteiger partial charge in [0, 0.05) is 12.6 Å². The van der Waals surface area contributed by atoms with Crippen LogP contribution in [-0.4, -0.2) is 35.2 Å². The third-order valence-corrected chi connectivity index (χ3v) is 3.00. The van der Waals surface area contributed by atoms with Crippen LogP contribution in [-0.2, 0) is 0 Å². The van der Waals surface area contributed by atoms with Crippen molar-refractivity contribution in [3.8, 4) is 0 Å². The fourth-order valence-corrected chi connectivity index (χ4v) is 2.22. The van der Waals surface area contributed by atoms with Gasteiger partial charge in [-0.05, 0) is 25.3 Å². The first kappa shape index (κ1) is 11.0. The van der Waals surface area contributed by atoms with Crippen LogP contribution in [0.25, 0.3) is 0 Å². The van der Waals surface area contributed by atoms with E-state index in [1.165, 1.54) is 12.8 Å². The highest BCUT2D eigenvalue weighted by Crippen LogP contribution is 2.24. The van der Waals surface area contributed by atoms with E-state index in [4.69, 9.17) is 0 Å². The van der Waals surface area contributed by atoms with Crippen molar-refractivity contribution in [2.75, 3.05) is 13.1 Å². The van der Waals surface area contributed by atoms with Gasteiger partial charge in [-0.2, -0.15) is 0 Å². The van der Waals surface area contributed by atoms with E-state index in [1.807, 2.05) is 0 Å². The van der Waals surface area contributed by atoms with E-state index < -0.39 is 0 Å². The lowest BCUT2D eigenvalue weighted by Crippen LogP contribution is -2.34. The maximum atomic E-state index is 9.58. The number of aliphatic hydroxyl groups excluding tert-OH is 1. The summed E-state index contributed by atoms with van der Waals surface area (Å²) in [6.07, 6.45) is 3.40. The molecule has 0 saturated carbocycles. The molecule has 1 fully saturated rings. The molecule has 1 rings (SSSR count). The number of hydrogen-bond acceptors (Lipinski definition) is 2. The number of rotatable bonds is 4. The van der Waals surface area contributed by atoms with Crippen LogP contribution < -0.4 is 0 Å². The van der Waals surface area contributed by atoms with E-state index in [9.17, 15) is 5.11 Å². The molecular weight excluding hydrogens is 162 g/mol. The molecule has 1 heterocycles. The quantitative estimate of drug-likeness (QED) is 0.723. The lowest BCUT2D eigenvalue weighted by atomic mass is 10.0. The molecule has 0 radical (unpaired) electrons. The Bertz CT molecular complexity index is 147. The molecule has 1 N–H and O–H groups in total. The molecule has 2 atom stereocenters. The molecule has 0 spiro atoms. The molecular formula is C11H23NO. The first-order chi connectivity index (χ1) is 6.15. The van der Waals surface area contributed by atoms with Gasteiger partial charge in [0.25, 0.3) is 0 Å². The smallest absolute Gasteiger partial charge is 0.0682 e. The molecule has 1 saturated heterocycles. The van der Waals surface area contributed by atoms with Crippen LogP contribution in [0.2, 0.25) is 0 Å². The van der Waals surface area contributed by atoms with Crippen LogP contribution in [0.1, 0.15) is 40.0 Å². The van der Waals surface area contributed by atoms with Gasteiger partial charge in [0.05, 0.1) is 6.10 Å². The van der Waals surface area contributed by atoms with Crippen molar-refractivity contribution in [2.45, 2.75) is 52.2 Å². The average Bonchev–Trinajstić information content (AvgIpc) is 2.43. The standard InChI is InChI=1S/C11H23NO/c1-4-5-6-12-8-10(13)7-11(12)9(2)3/h9-11,13H,4-8H2,1-3H3/t10-,11-/m0/s1. The Morgan fingerprint density at radius 1 is 1.46 bits per heavy atom. The summed E-state index contributed by atoms with van der Waals surface area (Å²) in [6.45, 7) is 8.78. The van der Waals surface area contributed by atoms with Gasteiger partial charge in [0.15, 0.2) is 0 Å². The third-order valence-electron chi connectivity index (χ3n) is 3.00. The fraction of sp³-hybridized carbons (Fsp3) is 1.00. The van der Waals surface area contributed by atoms with Gasteiger partial charge in [-0.3, -0.25) is 4.90 Å². The maximum absolute atomic E-state index is 9.58. The van der Waals surface area contributed by atoms with Crippen LogP contribution in [0.15, 0.2) is 0 Å². The molecule has 0 aromatic heterocycles. The minimum Gasteiger partial charge on any atom is -0.392 e. The second kappa shape index (κ2) is 4.97. The zero-order valence-corrected chi connectivity index (χ0v) is 9.16. The molecule has 0 aliphatic carbocycles. The minimum atomic E-state index is -0.0794. The summed E-state index contributed by atoms with van der Waals surface area (Å²) in [5, 5.41) is 9.58. The molecule has 1 aliphatic rings. The maximum Gasteiger partial charge on any atom is 0.0682 e. The molecule has 0 unspecified atom stereocenters. The average molecular weight is 185 g/mol. The topological polar surface area (TPSA) is 23.5 Å². The molecule has 78 valence electrons. The van der Waals surface area contributed by atoms with Gasteiger partial charge in [-0.25, -0.2) is 0 Å². The van der Waals surface area contributed by atoms with Crippen molar-refractivity contribution in [1.29, 1.82) is 0 Å². The van der Waals surface area contributed by atoms with Gasteiger partial charge in [-0.1, -0.05) is 27.2 Å². The van der Waals surface area contributed by atoms with E-state index in [0.29, 0.717) is 12.0 Å². The van der Waals surface area contributed by atoms with E-state index >= 15 is 0 Å². The Hall–Kier alpha value is -0.0800. The number of likely N-dealkylation sites (tertiary alicyclic amines) is 1. The normalized spacial score (nSPS) is 30.2. The summed E-state index contributed by atoms with van der Waals surface area (Å²) >= 11 is 0. The number of hydrogen-bond donors (Lipinski definition) is 1. The summed E-state index contributed by atoms with van der Waals surface area (Å²) < 4.78 is 0. The number of β-amino-alcohol motifs (C(OH)–C–C–N with tert-alkyl or cyclic N) is 1. The van der Waals surface area contributed by atoms with Crippen molar-refractivity contribution >= 4 is 0 Å². The highest BCUT2D eigenvalue weighted by Gasteiger charge is 2.31. The molecule has 0 aromatic rings. The van der Waals surface area contributed by atoms with Gasteiger partial charge < -0.3 is 5.11 Å². The Kier molecular flexibility index (Phi) is 4.20. The van der Waals surface area contributed by atoms with Crippen molar-refractivity contribution in [2.24, 2.45) is 5.92 Å². The zero-order valence-electron chi connectivity index (χ0n) is 9.16. The van der Waals surface area contributed by atoms with Crippen LogP contribution in [0.4, 0.5) is 0 Å². The van der Waals surface area contributed by atoms with Crippen LogP contribution >= 0.6 is 0 Å². The van der Waals surface area contributed by atoms with Crippen LogP contribution in [0.5, 0.6) is 0 Å². The van der Waals surface area contributed by atoms with Crippen LogP contribution in [0, 0.1) is 5.92 Å². The Morgan fingerprint density at radius 3 is 2.69 bits per heavy atom. The largest absolute Gasteiger partial charge is 0.392 e. The van der Waals surface area contributed by atoms with Crippen molar-refractivity contribution in [1.82, 2.24) is 4.90 Å². The Balaban J connectivity index is 2.41. The first-order valence-corrected chi connectivity index (χ1v) is 5.57. The van der Waals surface area contributed by atoms with Crippen LogP contribution in [0.3, 0.4) is 0 Å². The van der Waals surface area contributed by atoms with E-state index in [2.05, 4.69) is 25.7 Å². The molecule has 2 heteroatoms. The third kappa shape index (κ3) is 2.96. The van der Waals surface area contributed by atoms with Gasteiger partial charge >= 0.3 is 0 Å². The summed E-state index contributed by atoms with van der Waals surface area (Å²) in [5.74, 6) is 0.675. The fourth-order valence-electron chi connectivity index (χ4n) is 2.22. The summed E-state index contributed by atoms with van der Waals surface area (Å²) in [6, 6.07) is 0.613. The zero-order chi connectivity index (χ0) is 9.84. The highest BCUT2D eigenvalue weighted by molar-refractivity contribution is 4.86. The highest BCUT2D eigenvalue weighted by atomic mass is 16.3. The Labute approximate surface area is 81.9 Å². The first-order valence-electron chi connectivity index (χ1n) is 5.57. The molecule has 13 heavy (non-hydrogen) atoms. The predicted molar refractivity (Wildman–Crippen MR) is 55.7 cm³/mol. The number of unbranched alkanes of at least 4 members (excludes halogenated alkanes) is 1. The van der Waals surface area contributed by atoms with Crippen molar-refractivity contribution < 1.29 is 5.11 Å². The molecule has 0 amide bonds. The van der Waals surface area contributed by atoms with Crippen molar-refractivity contribution in [3.63, 3.8) is 0 Å². The summed E-state index contributed by atoms with van der Waals surface area (Å²) in [7, 11) is 0. The monoisotopic (exact) mass is 185 g/mol. The van der Waals surface area contributed by atoms with E-state index in [-0.39, 0.29) is 6.10 Å². The van der Waals surface area contributed by atoms with Gasteiger partial charge in [-0.15, -0.1) is 0 Å². The van der Waals surface area contributed by atoms with Gasteiger partial charge in [0.2, 0.25) is 0 Å². The van der Waals surface area contributed by atoms with E-state index in [1.54, 1.807) is 0 Å². The number of nitrogens with zero attached hydrogens (tertiary/aromatic N) is 1. The Morgan fingerprint density at radius 2 is 2.15 bits per heavy atom. The molecule has 1 aliphatic heterocycles. The van der Waals surface area contributed by atoms with E-state index in [0.717, 1.165) is 19.5 Å².